The average molecular weight is 566 g/mol. The standard InChI is InChI=1S/C30H32ClN3O4S/c1-19(23-8-4-5-9-24(23)31)37-27-17-28(39-29(27)30(35)36)34-18-32-25-11-10-22(16-26(25)34)38-21-12-14-33(15-13-21)20-6-2-3-7-20/h4-5,8-11,16-21H,2-3,6-7,12-15H2,1H3,(H,35,36)/t19-/m1/s1. The summed E-state index contributed by atoms with van der Waals surface area (Å²) in [5, 5.41) is 11.2. The van der Waals surface area contributed by atoms with Crippen molar-refractivity contribution in [3.8, 4) is 16.5 Å². The Hall–Kier alpha value is -3.07. The van der Waals surface area contributed by atoms with Gasteiger partial charge in [0.25, 0.3) is 0 Å². The Labute approximate surface area is 236 Å². The van der Waals surface area contributed by atoms with Crippen LogP contribution >= 0.6 is 22.9 Å². The van der Waals surface area contributed by atoms with E-state index in [2.05, 4.69) is 9.88 Å². The Morgan fingerprint density at radius 3 is 2.62 bits per heavy atom. The zero-order valence-corrected chi connectivity index (χ0v) is 23.5. The summed E-state index contributed by atoms with van der Waals surface area (Å²) in [6, 6.07) is 15.9. The lowest BCUT2D eigenvalue weighted by molar-refractivity contribution is 0.0695. The summed E-state index contributed by atoms with van der Waals surface area (Å²) in [7, 11) is 0. The highest BCUT2D eigenvalue weighted by molar-refractivity contribution is 7.16. The fourth-order valence-corrected chi connectivity index (χ4v) is 7.04. The van der Waals surface area contributed by atoms with Crippen LogP contribution in [0.1, 0.15) is 66.8 Å². The number of carbonyl (C=O) groups is 1. The van der Waals surface area contributed by atoms with Gasteiger partial charge in [0.15, 0.2) is 4.88 Å². The molecule has 2 aromatic heterocycles. The van der Waals surface area contributed by atoms with Crippen molar-refractivity contribution < 1.29 is 19.4 Å². The van der Waals surface area contributed by atoms with E-state index in [4.69, 9.17) is 21.1 Å². The topological polar surface area (TPSA) is 76.8 Å². The number of carboxylic acid groups (broad SMARTS) is 1. The van der Waals surface area contributed by atoms with Crippen molar-refractivity contribution >= 4 is 39.9 Å². The Bertz CT molecular complexity index is 1470. The van der Waals surface area contributed by atoms with Gasteiger partial charge >= 0.3 is 5.97 Å². The van der Waals surface area contributed by atoms with E-state index in [1.54, 1.807) is 18.5 Å². The van der Waals surface area contributed by atoms with Crippen molar-refractivity contribution in [2.75, 3.05) is 13.1 Å². The number of fused-ring (bicyclic) bond motifs is 1. The number of piperidine rings is 1. The summed E-state index contributed by atoms with van der Waals surface area (Å²) >= 11 is 7.49. The molecule has 0 radical (unpaired) electrons. The first-order valence-electron chi connectivity index (χ1n) is 13.6. The van der Waals surface area contributed by atoms with Crippen LogP contribution in [0.4, 0.5) is 0 Å². The highest BCUT2D eigenvalue weighted by atomic mass is 35.5. The molecule has 2 fully saturated rings. The second kappa shape index (κ2) is 11.2. The van der Waals surface area contributed by atoms with Crippen LogP contribution in [0.25, 0.3) is 16.0 Å². The third kappa shape index (κ3) is 5.51. The summed E-state index contributed by atoms with van der Waals surface area (Å²) < 4.78 is 14.4. The number of nitrogens with zero attached hydrogens (tertiary/aromatic N) is 3. The molecule has 2 aliphatic rings. The van der Waals surface area contributed by atoms with E-state index in [0.717, 1.165) is 65.7 Å². The minimum Gasteiger partial charge on any atom is -0.490 e. The summed E-state index contributed by atoms with van der Waals surface area (Å²) in [6.45, 7) is 4.05. The van der Waals surface area contributed by atoms with Crippen molar-refractivity contribution in [2.45, 2.75) is 63.7 Å². The number of halogens is 1. The second-order valence-corrected chi connectivity index (χ2v) is 11.9. The van der Waals surface area contributed by atoms with E-state index in [1.165, 1.54) is 25.7 Å². The molecule has 0 bridgehead atoms. The van der Waals surface area contributed by atoms with Gasteiger partial charge in [-0.3, -0.25) is 4.57 Å². The van der Waals surface area contributed by atoms with Gasteiger partial charge in [-0.15, -0.1) is 11.3 Å². The van der Waals surface area contributed by atoms with Crippen LogP contribution in [0.2, 0.25) is 5.02 Å². The smallest absolute Gasteiger partial charge is 0.349 e. The fraction of sp³-hybridized carbons (Fsp3) is 0.400. The van der Waals surface area contributed by atoms with E-state index < -0.39 is 12.1 Å². The first-order valence-corrected chi connectivity index (χ1v) is 14.8. The van der Waals surface area contributed by atoms with E-state index >= 15 is 0 Å². The highest BCUT2D eigenvalue weighted by Crippen LogP contribution is 2.38. The van der Waals surface area contributed by atoms with Gasteiger partial charge in [0.05, 0.1) is 11.0 Å². The Kier molecular flexibility index (Phi) is 7.51. The van der Waals surface area contributed by atoms with E-state index in [-0.39, 0.29) is 11.0 Å². The number of rotatable bonds is 8. The molecule has 0 amide bonds. The van der Waals surface area contributed by atoms with E-state index in [9.17, 15) is 9.90 Å². The quantitative estimate of drug-likeness (QED) is 0.240. The van der Waals surface area contributed by atoms with Crippen molar-refractivity contribution in [1.29, 1.82) is 0 Å². The summed E-state index contributed by atoms with van der Waals surface area (Å²) in [6.07, 6.45) is 8.96. The molecular weight excluding hydrogens is 534 g/mol. The molecule has 1 saturated heterocycles. The van der Waals surface area contributed by atoms with Gasteiger partial charge in [-0.1, -0.05) is 42.6 Å². The molecule has 1 aliphatic carbocycles. The Morgan fingerprint density at radius 2 is 1.87 bits per heavy atom. The zero-order chi connectivity index (χ0) is 26.9. The summed E-state index contributed by atoms with van der Waals surface area (Å²) in [5.41, 5.74) is 2.47. The number of imidazole rings is 1. The third-order valence-corrected chi connectivity index (χ3v) is 9.35. The predicted octanol–water partition coefficient (Wildman–Crippen LogP) is 7.36. The number of hydrogen-bond acceptors (Lipinski definition) is 6. The average Bonchev–Trinajstić information content (AvgIpc) is 3.69. The first-order chi connectivity index (χ1) is 19.0. The van der Waals surface area contributed by atoms with Gasteiger partial charge < -0.3 is 19.5 Å². The minimum absolute atomic E-state index is 0.132. The lowest BCUT2D eigenvalue weighted by Crippen LogP contribution is -2.43. The molecule has 39 heavy (non-hydrogen) atoms. The number of carboxylic acids is 1. The lowest BCUT2D eigenvalue weighted by Gasteiger charge is -2.36. The van der Waals surface area contributed by atoms with Crippen molar-refractivity contribution in [1.82, 2.24) is 14.5 Å². The van der Waals surface area contributed by atoms with Gasteiger partial charge in [-0.05, 0) is 50.8 Å². The molecule has 6 rings (SSSR count). The Balaban J connectivity index is 1.21. The highest BCUT2D eigenvalue weighted by Gasteiger charge is 2.28. The van der Waals surface area contributed by atoms with E-state index in [1.807, 2.05) is 47.9 Å². The van der Waals surface area contributed by atoms with Gasteiger partial charge in [-0.2, -0.15) is 0 Å². The SMILES string of the molecule is C[C@@H](Oc1cc(-n2cnc3ccc(OC4CCN(C5CCCC5)CC4)cc32)sc1C(=O)O)c1ccccc1Cl. The molecule has 1 saturated carbocycles. The number of hydrogen-bond donors (Lipinski definition) is 1. The van der Waals surface area contributed by atoms with Gasteiger partial charge in [-0.25, -0.2) is 9.78 Å². The number of ether oxygens (including phenoxy) is 2. The van der Waals surface area contributed by atoms with Crippen molar-refractivity contribution in [3.63, 3.8) is 0 Å². The molecule has 2 aromatic carbocycles. The second-order valence-electron chi connectivity index (χ2n) is 10.4. The third-order valence-electron chi connectivity index (χ3n) is 7.90. The number of likely N-dealkylation sites (tertiary alicyclic amines) is 1. The van der Waals surface area contributed by atoms with Crippen LogP contribution in [-0.2, 0) is 0 Å². The molecule has 0 spiro atoms. The van der Waals surface area contributed by atoms with Crippen molar-refractivity contribution in [3.05, 3.63) is 70.3 Å². The van der Waals surface area contributed by atoms with Gasteiger partial charge in [0.2, 0.25) is 0 Å². The maximum absolute atomic E-state index is 12.1. The summed E-state index contributed by atoms with van der Waals surface area (Å²) in [5.74, 6) is 0.0746. The molecule has 3 heterocycles. The van der Waals surface area contributed by atoms with Crippen LogP contribution in [0.3, 0.4) is 0 Å². The Morgan fingerprint density at radius 1 is 1.10 bits per heavy atom. The molecule has 4 aromatic rings. The summed E-state index contributed by atoms with van der Waals surface area (Å²) in [4.78, 5) is 19.4. The first kappa shape index (κ1) is 26.2. The van der Waals surface area contributed by atoms with Gasteiger partial charge in [0, 0.05) is 41.9 Å². The van der Waals surface area contributed by atoms with Gasteiger partial charge in [0.1, 0.15) is 35.0 Å². The fourth-order valence-electron chi connectivity index (χ4n) is 5.83. The molecular formula is C30H32ClN3O4S. The molecule has 1 atom stereocenters. The van der Waals surface area contributed by atoms with Crippen LogP contribution in [-0.4, -0.2) is 50.8 Å². The van der Waals surface area contributed by atoms with Crippen LogP contribution in [0.5, 0.6) is 11.5 Å². The van der Waals surface area contributed by atoms with Crippen LogP contribution in [0, 0.1) is 0 Å². The molecule has 1 aliphatic heterocycles. The maximum Gasteiger partial charge on any atom is 0.349 e. The van der Waals surface area contributed by atoms with Crippen LogP contribution in [0.15, 0.2) is 54.9 Å². The zero-order valence-electron chi connectivity index (χ0n) is 21.9. The molecule has 204 valence electrons. The van der Waals surface area contributed by atoms with E-state index in [0.29, 0.717) is 15.8 Å². The van der Waals surface area contributed by atoms with Crippen molar-refractivity contribution in [2.24, 2.45) is 0 Å². The predicted molar refractivity (Wildman–Crippen MR) is 154 cm³/mol. The number of aromatic carboxylic acids is 1. The normalized spacial score (nSPS) is 18.0. The monoisotopic (exact) mass is 565 g/mol. The lowest BCUT2D eigenvalue weighted by atomic mass is 10.0. The minimum atomic E-state index is -1.04. The molecule has 7 nitrogen and oxygen atoms in total. The number of aromatic nitrogens is 2. The maximum atomic E-state index is 12.1. The molecule has 9 heteroatoms. The number of thiophene rings is 1. The molecule has 1 N–H and O–H groups in total. The van der Waals surface area contributed by atoms with Crippen LogP contribution < -0.4 is 9.47 Å². The molecule has 0 unspecified atom stereocenters. The number of benzene rings is 2. The largest absolute Gasteiger partial charge is 0.490 e.